The molecule has 20 heavy (non-hydrogen) atoms. The van der Waals surface area contributed by atoms with Crippen LogP contribution < -0.4 is 0 Å². The van der Waals surface area contributed by atoms with Crippen molar-refractivity contribution in [2.24, 2.45) is 0 Å². The second kappa shape index (κ2) is 10.6. The molecular weight excluding hydrogens is 255 g/mol. The van der Waals surface area contributed by atoms with Gasteiger partial charge in [-0.3, -0.25) is 4.79 Å². The predicted molar refractivity (Wildman–Crippen MR) is 79.3 cm³/mol. The summed E-state index contributed by atoms with van der Waals surface area (Å²) in [4.78, 5) is 11.6. The van der Waals surface area contributed by atoms with Gasteiger partial charge in [0.1, 0.15) is 12.4 Å². The third-order valence-electron chi connectivity index (χ3n) is 3.25. The maximum absolute atomic E-state index is 13.3. The molecule has 0 N–H and O–H groups in total. The van der Waals surface area contributed by atoms with Crippen molar-refractivity contribution in [1.82, 2.24) is 0 Å². The first kappa shape index (κ1) is 16.8. The van der Waals surface area contributed by atoms with Crippen molar-refractivity contribution in [3.63, 3.8) is 0 Å². The number of ether oxygens (including phenoxy) is 1. The minimum absolute atomic E-state index is 0.0684. The molecule has 0 atom stereocenters. The van der Waals surface area contributed by atoms with Gasteiger partial charge in [0.2, 0.25) is 0 Å². The lowest BCUT2D eigenvalue weighted by Gasteiger charge is -2.05. The Hall–Kier alpha value is -1.22. The first-order valence-corrected chi connectivity index (χ1v) is 7.57. The Labute approximate surface area is 121 Å². The van der Waals surface area contributed by atoms with Crippen molar-refractivity contribution in [3.05, 3.63) is 35.6 Å². The van der Waals surface area contributed by atoms with Crippen LogP contribution in [-0.2, 0) is 16.0 Å². The van der Waals surface area contributed by atoms with Crippen molar-refractivity contribution < 1.29 is 13.9 Å². The first-order valence-electron chi connectivity index (χ1n) is 7.57. The molecule has 0 aromatic heterocycles. The normalized spacial score (nSPS) is 10.7. The fraction of sp³-hybridized carbons (Fsp3) is 0.588. The van der Waals surface area contributed by atoms with E-state index in [9.17, 15) is 9.18 Å². The highest BCUT2D eigenvalue weighted by molar-refractivity contribution is 5.82. The van der Waals surface area contributed by atoms with E-state index in [0.29, 0.717) is 12.2 Å². The third-order valence-corrected chi connectivity index (χ3v) is 3.25. The van der Waals surface area contributed by atoms with E-state index < -0.39 is 0 Å². The topological polar surface area (TPSA) is 26.3 Å². The number of hydrogen-bond acceptors (Lipinski definition) is 2. The van der Waals surface area contributed by atoms with Crippen molar-refractivity contribution >= 4 is 5.78 Å². The lowest BCUT2D eigenvalue weighted by Crippen LogP contribution is -2.13. The average Bonchev–Trinajstić information content (AvgIpc) is 2.44. The molecule has 0 radical (unpaired) electrons. The zero-order valence-electron chi connectivity index (χ0n) is 12.4. The molecule has 0 spiro atoms. The Bertz CT molecular complexity index is 390. The van der Waals surface area contributed by atoms with Crippen molar-refractivity contribution in [3.8, 4) is 0 Å². The number of benzene rings is 1. The number of halogens is 1. The molecule has 0 saturated heterocycles. The summed E-state index contributed by atoms with van der Waals surface area (Å²) in [5, 5.41) is 0. The molecule has 0 aliphatic heterocycles. The van der Waals surface area contributed by atoms with E-state index in [0.717, 1.165) is 12.8 Å². The maximum atomic E-state index is 13.3. The zero-order valence-corrected chi connectivity index (χ0v) is 12.4. The molecular formula is C17H25FO2. The van der Waals surface area contributed by atoms with Gasteiger partial charge in [0.25, 0.3) is 0 Å². The number of carbonyl (C=O) groups is 1. The molecule has 0 saturated carbocycles. The lowest BCUT2D eigenvalue weighted by molar-refractivity contribution is -0.123. The molecule has 0 aliphatic rings. The molecule has 3 heteroatoms. The molecule has 0 heterocycles. The average molecular weight is 280 g/mol. The second-order valence-electron chi connectivity index (χ2n) is 5.13. The van der Waals surface area contributed by atoms with Crippen molar-refractivity contribution in [2.75, 3.05) is 13.2 Å². The lowest BCUT2D eigenvalue weighted by atomic mass is 10.1. The fourth-order valence-electron chi connectivity index (χ4n) is 2.08. The van der Waals surface area contributed by atoms with Gasteiger partial charge in [-0.2, -0.15) is 0 Å². The van der Waals surface area contributed by atoms with Crippen molar-refractivity contribution in [1.29, 1.82) is 0 Å². The molecule has 0 unspecified atom stereocenters. The van der Waals surface area contributed by atoms with E-state index >= 15 is 0 Å². The monoisotopic (exact) mass is 280 g/mol. The summed E-state index contributed by atoms with van der Waals surface area (Å²) in [6.07, 6.45) is 7.33. The van der Waals surface area contributed by atoms with Gasteiger partial charge in [0, 0.05) is 13.0 Å². The second-order valence-corrected chi connectivity index (χ2v) is 5.13. The smallest absolute Gasteiger partial charge is 0.162 e. The Balaban J connectivity index is 2.05. The standard InChI is InChI=1S/C17H25FO2/c1-2-3-4-5-6-9-12-20-14-16(19)13-15-10-7-8-11-17(15)18/h7-8,10-11H,2-6,9,12-14H2,1H3. The Kier molecular flexibility index (Phi) is 8.88. The van der Waals surface area contributed by atoms with E-state index in [1.165, 1.54) is 31.7 Å². The molecule has 0 bridgehead atoms. The Morgan fingerprint density at radius 3 is 2.55 bits per heavy atom. The quantitative estimate of drug-likeness (QED) is 0.564. The van der Waals surface area contributed by atoms with Crippen LogP contribution in [0.15, 0.2) is 24.3 Å². The van der Waals surface area contributed by atoms with E-state index in [1.54, 1.807) is 18.2 Å². The van der Waals surface area contributed by atoms with E-state index in [4.69, 9.17) is 4.74 Å². The van der Waals surface area contributed by atoms with Gasteiger partial charge < -0.3 is 4.74 Å². The van der Waals surface area contributed by atoms with Gasteiger partial charge in [-0.15, -0.1) is 0 Å². The number of rotatable bonds is 11. The van der Waals surface area contributed by atoms with Gasteiger partial charge in [0.15, 0.2) is 5.78 Å². The Morgan fingerprint density at radius 1 is 1.10 bits per heavy atom. The summed E-state index contributed by atoms with van der Waals surface area (Å²) in [7, 11) is 0. The molecule has 2 nitrogen and oxygen atoms in total. The van der Waals surface area contributed by atoms with Crippen LogP contribution in [0.25, 0.3) is 0 Å². The number of ketones is 1. The van der Waals surface area contributed by atoms with Gasteiger partial charge in [-0.25, -0.2) is 4.39 Å². The van der Waals surface area contributed by atoms with Crippen molar-refractivity contribution in [2.45, 2.75) is 51.9 Å². The fourth-order valence-corrected chi connectivity index (χ4v) is 2.08. The number of Topliss-reactive ketones (excluding diaryl/α,β-unsaturated/α-hetero) is 1. The summed E-state index contributed by atoms with van der Waals surface area (Å²) in [5.74, 6) is -0.391. The van der Waals surface area contributed by atoms with E-state index in [2.05, 4.69) is 6.92 Å². The molecule has 112 valence electrons. The van der Waals surface area contributed by atoms with Crippen LogP contribution in [-0.4, -0.2) is 19.0 Å². The van der Waals surface area contributed by atoms with E-state index in [-0.39, 0.29) is 24.6 Å². The highest BCUT2D eigenvalue weighted by atomic mass is 19.1. The maximum Gasteiger partial charge on any atom is 0.162 e. The SMILES string of the molecule is CCCCCCCCOCC(=O)Cc1ccccc1F. The van der Waals surface area contributed by atoms with Gasteiger partial charge in [-0.1, -0.05) is 57.2 Å². The van der Waals surface area contributed by atoms with Gasteiger partial charge in [0.05, 0.1) is 0 Å². The van der Waals surface area contributed by atoms with Crippen LogP contribution in [0, 0.1) is 5.82 Å². The summed E-state index contributed by atoms with van der Waals surface area (Å²) in [6, 6.07) is 6.38. The highest BCUT2D eigenvalue weighted by Gasteiger charge is 2.07. The van der Waals surface area contributed by atoms with Crippen LogP contribution in [0.2, 0.25) is 0 Å². The first-order chi connectivity index (χ1) is 9.74. The number of unbranched alkanes of at least 4 members (excludes halogenated alkanes) is 5. The minimum atomic E-state index is -0.322. The number of carbonyl (C=O) groups excluding carboxylic acids is 1. The van der Waals surface area contributed by atoms with Crippen LogP contribution >= 0.6 is 0 Å². The van der Waals surface area contributed by atoms with Crippen LogP contribution in [0.4, 0.5) is 4.39 Å². The summed E-state index contributed by atoms with van der Waals surface area (Å²) >= 11 is 0. The number of hydrogen-bond donors (Lipinski definition) is 0. The Morgan fingerprint density at radius 2 is 1.80 bits per heavy atom. The predicted octanol–water partition coefficient (Wildman–Crippen LogP) is 4.31. The molecule has 0 amide bonds. The summed E-state index contributed by atoms with van der Waals surface area (Å²) in [6.45, 7) is 2.91. The van der Waals surface area contributed by atoms with Crippen LogP contribution in [0.5, 0.6) is 0 Å². The zero-order chi connectivity index (χ0) is 14.6. The molecule has 1 aromatic carbocycles. The third kappa shape index (κ3) is 7.39. The minimum Gasteiger partial charge on any atom is -0.374 e. The molecule has 0 fully saturated rings. The molecule has 0 aliphatic carbocycles. The van der Waals surface area contributed by atoms with Gasteiger partial charge in [-0.05, 0) is 18.1 Å². The summed E-state index contributed by atoms with van der Waals surface area (Å²) in [5.41, 5.74) is 0.445. The van der Waals surface area contributed by atoms with E-state index in [1.807, 2.05) is 0 Å². The largest absolute Gasteiger partial charge is 0.374 e. The van der Waals surface area contributed by atoms with Crippen LogP contribution in [0.3, 0.4) is 0 Å². The van der Waals surface area contributed by atoms with Gasteiger partial charge >= 0.3 is 0 Å². The highest BCUT2D eigenvalue weighted by Crippen LogP contribution is 2.08. The molecule has 1 rings (SSSR count). The molecule has 1 aromatic rings. The van der Waals surface area contributed by atoms with Crippen LogP contribution in [0.1, 0.15) is 51.0 Å². The summed E-state index contributed by atoms with van der Waals surface area (Å²) < 4.78 is 18.7.